The summed E-state index contributed by atoms with van der Waals surface area (Å²) in [5, 5.41) is 0. The maximum atomic E-state index is 15.0. The quantitative estimate of drug-likeness (QED) is 0.0716. The number of hydrogen-bond acceptors (Lipinski definition) is 4. The van der Waals surface area contributed by atoms with Crippen LogP contribution in [0.2, 0.25) is 0 Å². The predicted molar refractivity (Wildman–Crippen MR) is 195 cm³/mol. The molecule has 0 heterocycles. The van der Waals surface area contributed by atoms with Crippen LogP contribution in [-0.4, -0.2) is 13.2 Å². The minimum atomic E-state index is -4.85. The van der Waals surface area contributed by atoms with Gasteiger partial charge in [0.25, 0.3) is 0 Å². The van der Waals surface area contributed by atoms with E-state index in [4.69, 9.17) is 9.47 Å². The molecule has 0 atom stereocenters. The van der Waals surface area contributed by atoms with Crippen LogP contribution in [0.4, 0.5) is 70.2 Å². The normalized spacial score (nSPS) is 11.9. The van der Waals surface area contributed by atoms with E-state index in [1.165, 1.54) is 12.1 Å². The first-order chi connectivity index (χ1) is 30.0. The Morgan fingerprint density at radius 2 is 0.688 bits per heavy atom. The molecule has 0 radical (unpaired) electrons. The highest BCUT2D eigenvalue weighted by atomic mass is 19.3. The average Bonchev–Trinajstić information content (AvgIpc) is 3.18. The van der Waals surface area contributed by atoms with Crippen molar-refractivity contribution < 1.29 is 89.2 Å². The second-order valence-electron chi connectivity index (χ2n) is 13.9. The molecule has 0 aliphatic rings. The van der Waals surface area contributed by atoms with Crippen molar-refractivity contribution in [2.75, 3.05) is 13.2 Å². The summed E-state index contributed by atoms with van der Waals surface area (Å²) in [6.45, 7) is 1.83. The van der Waals surface area contributed by atoms with Crippen LogP contribution in [0.3, 0.4) is 0 Å². The zero-order valence-electron chi connectivity index (χ0n) is 32.2. The van der Waals surface area contributed by atoms with Crippen LogP contribution < -0.4 is 18.9 Å². The molecule has 6 aromatic rings. The summed E-state index contributed by atoms with van der Waals surface area (Å²) in [6, 6.07) is 7.94. The molecule has 0 saturated carbocycles. The van der Waals surface area contributed by atoms with Gasteiger partial charge in [0.1, 0.15) is 69.0 Å². The van der Waals surface area contributed by atoms with Gasteiger partial charge in [-0.25, -0.2) is 52.7 Å². The van der Waals surface area contributed by atoms with E-state index in [1.54, 1.807) is 6.92 Å². The summed E-state index contributed by atoms with van der Waals surface area (Å²) in [7, 11) is 0. The smallest absolute Gasteiger partial charge is 0.432 e. The summed E-state index contributed by atoms with van der Waals surface area (Å²) >= 11 is 0. The molecule has 0 unspecified atom stereocenters. The molecule has 0 aliphatic heterocycles. The molecule has 0 aromatic heterocycles. The summed E-state index contributed by atoms with van der Waals surface area (Å²) in [6.07, 6.45) is -8.98. The monoisotopic (exact) mass is 922 g/mol. The molecule has 0 spiro atoms. The number of halogens is 16. The molecule has 64 heavy (non-hydrogen) atoms. The molecule has 6 aromatic carbocycles. The number of hydrogen-bond donors (Lipinski definition) is 0. The zero-order valence-corrected chi connectivity index (χ0v) is 32.2. The molecule has 0 aliphatic carbocycles. The Morgan fingerprint density at radius 3 is 0.984 bits per heavy atom. The lowest BCUT2D eigenvalue weighted by Gasteiger charge is -2.20. The summed E-state index contributed by atoms with van der Waals surface area (Å²) in [5.41, 5.74) is -5.84. The average molecular weight is 923 g/mol. The van der Waals surface area contributed by atoms with Gasteiger partial charge in [0.05, 0.1) is 13.2 Å². The Bertz CT molecular complexity index is 2430. The van der Waals surface area contributed by atoms with E-state index < -0.39 is 127 Å². The molecule has 0 saturated heterocycles. The van der Waals surface area contributed by atoms with E-state index in [2.05, 4.69) is 9.47 Å². The maximum absolute atomic E-state index is 15.0. The Hall–Kier alpha value is -6.60. The summed E-state index contributed by atoms with van der Waals surface area (Å²) in [5.74, 6) is -24.1. The largest absolute Gasteiger partial charge is 0.493 e. The van der Waals surface area contributed by atoms with Gasteiger partial charge in [-0.05, 0) is 78.4 Å². The first kappa shape index (κ1) is 46.9. The summed E-state index contributed by atoms with van der Waals surface area (Å²) < 4.78 is 248. The van der Waals surface area contributed by atoms with Gasteiger partial charge in [0.2, 0.25) is 0 Å². The van der Waals surface area contributed by atoms with Crippen LogP contribution in [0.1, 0.15) is 30.9 Å². The lowest BCUT2D eigenvalue weighted by atomic mass is 10.0. The van der Waals surface area contributed by atoms with E-state index in [0.29, 0.717) is 37.1 Å². The van der Waals surface area contributed by atoms with E-state index in [0.717, 1.165) is 24.3 Å². The minimum absolute atomic E-state index is 0.0193. The maximum Gasteiger partial charge on any atom is 0.432 e. The highest BCUT2D eigenvalue weighted by Crippen LogP contribution is 2.40. The molecule has 20 heteroatoms. The van der Waals surface area contributed by atoms with Crippen molar-refractivity contribution >= 4 is 0 Å². The van der Waals surface area contributed by atoms with Crippen LogP contribution in [0, 0.1) is 75.7 Å². The molecule has 4 nitrogen and oxygen atoms in total. The van der Waals surface area contributed by atoms with Crippen molar-refractivity contribution in [3.05, 3.63) is 166 Å². The zero-order chi connectivity index (χ0) is 46.8. The van der Waals surface area contributed by atoms with Crippen molar-refractivity contribution in [3.8, 4) is 45.3 Å². The Balaban J connectivity index is 1.00. The number of rotatable bonds is 16. The lowest BCUT2D eigenvalue weighted by molar-refractivity contribution is -0.190. The van der Waals surface area contributed by atoms with Gasteiger partial charge in [-0.15, -0.1) is 0 Å². The molecular weight excluding hydrogens is 896 g/mol. The van der Waals surface area contributed by atoms with E-state index in [9.17, 15) is 61.5 Å². The lowest BCUT2D eigenvalue weighted by Crippen LogP contribution is -2.25. The van der Waals surface area contributed by atoms with E-state index in [1.807, 2.05) is 0 Å². The topological polar surface area (TPSA) is 36.9 Å². The fraction of sp³-hybridized carbons (Fsp3) is 0.182. The Kier molecular flexibility index (Phi) is 13.6. The predicted octanol–water partition coefficient (Wildman–Crippen LogP) is 13.8. The third-order valence-electron chi connectivity index (χ3n) is 9.33. The third kappa shape index (κ3) is 10.4. The molecule has 6 rings (SSSR count). The van der Waals surface area contributed by atoms with Gasteiger partial charge < -0.3 is 18.9 Å². The fourth-order valence-corrected chi connectivity index (χ4v) is 6.13. The van der Waals surface area contributed by atoms with Gasteiger partial charge in [0, 0.05) is 47.5 Å². The van der Waals surface area contributed by atoms with Crippen molar-refractivity contribution in [2.24, 2.45) is 5.92 Å². The van der Waals surface area contributed by atoms with Gasteiger partial charge in [0.15, 0.2) is 34.9 Å². The van der Waals surface area contributed by atoms with Gasteiger partial charge in [-0.2, -0.15) is 17.6 Å². The second-order valence-corrected chi connectivity index (χ2v) is 13.9. The number of ether oxygens (including phenoxy) is 4. The fourth-order valence-electron chi connectivity index (χ4n) is 6.13. The Morgan fingerprint density at radius 1 is 0.391 bits per heavy atom. The molecule has 0 N–H and O–H groups in total. The van der Waals surface area contributed by atoms with E-state index in [-0.39, 0.29) is 54.9 Å². The second kappa shape index (κ2) is 18.6. The SMILES string of the molecule is CC(CCOc1ccc(-c2cc(F)c(C(F)(F)Oc3cc(F)c(F)c(F)c3)c(F)c2)c(F)c1)CCOc1ccc(-c2cc(F)c(C(F)(F)Oc3cc(F)c(F)c(F)c3)c(F)c2)c(F)c1. The van der Waals surface area contributed by atoms with E-state index >= 15 is 8.78 Å². The van der Waals surface area contributed by atoms with Crippen molar-refractivity contribution in [2.45, 2.75) is 32.0 Å². The third-order valence-corrected chi connectivity index (χ3v) is 9.33. The van der Waals surface area contributed by atoms with Crippen LogP contribution in [0.15, 0.2) is 84.9 Å². The molecule has 0 bridgehead atoms. The van der Waals surface area contributed by atoms with Crippen LogP contribution in [0.25, 0.3) is 22.3 Å². The van der Waals surface area contributed by atoms with Crippen molar-refractivity contribution in [1.29, 1.82) is 0 Å². The molecular formula is C44H26F16O4. The number of benzene rings is 6. The molecule has 0 amide bonds. The highest BCUT2D eigenvalue weighted by Gasteiger charge is 2.43. The van der Waals surface area contributed by atoms with Gasteiger partial charge in [-0.3, -0.25) is 0 Å². The van der Waals surface area contributed by atoms with Crippen molar-refractivity contribution in [3.63, 3.8) is 0 Å². The first-order valence-electron chi connectivity index (χ1n) is 18.3. The first-order valence-corrected chi connectivity index (χ1v) is 18.3. The van der Waals surface area contributed by atoms with Crippen molar-refractivity contribution in [1.82, 2.24) is 0 Å². The molecule has 338 valence electrons. The molecule has 0 fully saturated rings. The highest BCUT2D eigenvalue weighted by molar-refractivity contribution is 5.67. The Labute approximate surface area is 351 Å². The minimum Gasteiger partial charge on any atom is -0.493 e. The summed E-state index contributed by atoms with van der Waals surface area (Å²) in [4.78, 5) is 0. The van der Waals surface area contributed by atoms with Crippen LogP contribution >= 0.6 is 0 Å². The number of alkyl halides is 4. The van der Waals surface area contributed by atoms with Gasteiger partial charge >= 0.3 is 12.2 Å². The van der Waals surface area contributed by atoms with Crippen LogP contribution in [0.5, 0.6) is 23.0 Å². The van der Waals surface area contributed by atoms with Gasteiger partial charge in [-0.1, -0.05) is 6.92 Å². The van der Waals surface area contributed by atoms with Crippen LogP contribution in [-0.2, 0) is 12.2 Å². The standard InChI is InChI=1S/C44H26F16O4/c1-20(6-8-61-23-2-4-27(29(45)14-23)21-10-31(47)39(32(48)11-21)43(57,58)63-25-16-35(51)41(55)36(52)17-25)7-9-62-24-3-5-28(30(46)15-24)22-12-33(49)40(34(50)13-22)44(59,60)64-26-18-37(53)42(56)38(54)19-26/h2-5,10-20H,6-9H2,1H3.